The first-order chi connectivity index (χ1) is 14.1. The van der Waals surface area contributed by atoms with Gasteiger partial charge in [-0.2, -0.15) is 0 Å². The lowest BCUT2D eigenvalue weighted by Gasteiger charge is -2.06. The third kappa shape index (κ3) is 4.29. The highest BCUT2D eigenvalue weighted by atomic mass is 32.1. The molecular formula is C24H17NO3S. The largest absolute Gasteiger partial charge is 0.478 e. The van der Waals surface area contributed by atoms with Crippen molar-refractivity contribution < 1.29 is 9.90 Å². The van der Waals surface area contributed by atoms with Gasteiger partial charge >= 0.3 is 5.97 Å². The minimum Gasteiger partial charge on any atom is -0.478 e. The molecule has 4 nitrogen and oxygen atoms in total. The van der Waals surface area contributed by atoms with Gasteiger partial charge in [-0.3, -0.25) is 4.79 Å². The number of hydrogen-bond acceptors (Lipinski definition) is 3. The lowest BCUT2D eigenvalue weighted by Crippen LogP contribution is -2.19. The number of fused-ring (bicyclic) bond motifs is 1. The molecule has 0 saturated heterocycles. The molecule has 0 saturated carbocycles. The van der Waals surface area contributed by atoms with Crippen molar-refractivity contribution in [2.45, 2.75) is 13.0 Å². The summed E-state index contributed by atoms with van der Waals surface area (Å²) < 4.78 is 2.54. The fraction of sp³-hybridized carbons (Fsp3) is 0.0833. The second-order valence-corrected chi connectivity index (χ2v) is 7.69. The predicted octanol–water partition coefficient (Wildman–Crippen LogP) is 4.40. The summed E-state index contributed by atoms with van der Waals surface area (Å²) in [5.74, 6) is 5.37. The fourth-order valence-electron chi connectivity index (χ4n) is 3.04. The van der Waals surface area contributed by atoms with E-state index in [2.05, 4.69) is 11.8 Å². The molecule has 2 heterocycles. The Morgan fingerprint density at radius 3 is 2.48 bits per heavy atom. The monoisotopic (exact) mass is 399 g/mol. The van der Waals surface area contributed by atoms with Crippen LogP contribution in [0.5, 0.6) is 0 Å². The van der Waals surface area contributed by atoms with Crippen LogP contribution in [-0.2, 0) is 13.0 Å². The van der Waals surface area contributed by atoms with Crippen molar-refractivity contribution in [3.8, 4) is 11.8 Å². The van der Waals surface area contributed by atoms with Crippen molar-refractivity contribution in [1.82, 2.24) is 4.57 Å². The Morgan fingerprint density at radius 2 is 1.76 bits per heavy atom. The molecule has 0 atom stereocenters. The zero-order valence-corrected chi connectivity index (χ0v) is 16.3. The molecule has 1 N–H and O–H groups in total. The molecular weight excluding hydrogens is 382 g/mol. The quantitative estimate of drug-likeness (QED) is 0.518. The van der Waals surface area contributed by atoms with Crippen LogP contribution in [0.3, 0.4) is 0 Å². The number of carboxylic acid groups (broad SMARTS) is 1. The Labute approximate surface area is 171 Å². The van der Waals surface area contributed by atoms with Gasteiger partial charge < -0.3 is 9.67 Å². The second-order valence-electron chi connectivity index (χ2n) is 6.60. The van der Waals surface area contributed by atoms with Gasteiger partial charge in [-0.1, -0.05) is 54.3 Å². The Balaban J connectivity index is 1.56. The van der Waals surface area contributed by atoms with Gasteiger partial charge in [0, 0.05) is 17.3 Å². The number of carboxylic acids is 1. The van der Waals surface area contributed by atoms with Crippen LogP contribution >= 0.6 is 11.3 Å². The minimum atomic E-state index is -0.964. The van der Waals surface area contributed by atoms with Crippen molar-refractivity contribution >= 4 is 27.4 Å². The molecule has 2 aromatic heterocycles. The molecule has 0 aliphatic carbocycles. The number of thiophene rings is 1. The zero-order chi connectivity index (χ0) is 20.2. The smallest absolute Gasteiger partial charge is 0.335 e. The molecule has 5 heteroatoms. The van der Waals surface area contributed by atoms with Gasteiger partial charge in [0.2, 0.25) is 0 Å². The summed E-state index contributed by atoms with van der Waals surface area (Å²) in [6.07, 6.45) is 2.44. The normalized spacial score (nSPS) is 10.5. The van der Waals surface area contributed by atoms with E-state index in [1.807, 2.05) is 42.5 Å². The van der Waals surface area contributed by atoms with Gasteiger partial charge in [0.1, 0.15) is 0 Å². The number of hydrogen-bond donors (Lipinski definition) is 1. The van der Waals surface area contributed by atoms with Gasteiger partial charge in [0.05, 0.1) is 22.4 Å². The molecule has 0 fully saturated rings. The van der Waals surface area contributed by atoms with E-state index in [1.54, 1.807) is 35.0 Å². The summed E-state index contributed by atoms with van der Waals surface area (Å²) in [6.45, 7) is 0.388. The lowest BCUT2D eigenvalue weighted by molar-refractivity contribution is 0.0697. The number of carbonyl (C=O) groups is 1. The average molecular weight is 399 g/mol. The van der Waals surface area contributed by atoms with Gasteiger partial charge in [0.25, 0.3) is 5.56 Å². The van der Waals surface area contributed by atoms with Crippen LogP contribution in [0.2, 0.25) is 0 Å². The molecule has 0 amide bonds. The summed E-state index contributed by atoms with van der Waals surface area (Å²) in [4.78, 5) is 24.7. The first-order valence-corrected chi connectivity index (χ1v) is 9.90. The van der Waals surface area contributed by atoms with Crippen LogP contribution in [0.25, 0.3) is 10.1 Å². The van der Waals surface area contributed by atoms with E-state index in [1.165, 1.54) is 11.3 Å². The molecule has 4 rings (SSSR count). The van der Waals surface area contributed by atoms with Crippen molar-refractivity contribution in [3.05, 3.63) is 105 Å². The van der Waals surface area contributed by atoms with Gasteiger partial charge in [0.15, 0.2) is 0 Å². The Hall–Kier alpha value is -3.62. The first-order valence-electron chi connectivity index (χ1n) is 9.08. The third-order valence-corrected chi connectivity index (χ3v) is 5.57. The molecule has 2 aromatic carbocycles. The number of aromatic carboxylic acids is 1. The van der Waals surface area contributed by atoms with Gasteiger partial charge in [-0.05, 0) is 35.4 Å². The zero-order valence-electron chi connectivity index (χ0n) is 15.5. The van der Waals surface area contributed by atoms with Gasteiger partial charge in [-0.15, -0.1) is 11.3 Å². The summed E-state index contributed by atoms with van der Waals surface area (Å²) in [6, 6.07) is 20.4. The maximum Gasteiger partial charge on any atom is 0.335 e. The minimum absolute atomic E-state index is 0.0721. The van der Waals surface area contributed by atoms with E-state index in [0.717, 1.165) is 20.7 Å². The number of benzene rings is 2. The molecule has 0 bridgehead atoms. The first kappa shape index (κ1) is 18.7. The molecule has 0 radical (unpaired) electrons. The van der Waals surface area contributed by atoms with Crippen LogP contribution in [0.1, 0.15) is 26.4 Å². The van der Waals surface area contributed by atoms with Crippen molar-refractivity contribution in [3.63, 3.8) is 0 Å². The van der Waals surface area contributed by atoms with Crippen LogP contribution < -0.4 is 5.56 Å². The summed E-state index contributed by atoms with van der Waals surface area (Å²) in [5.41, 5.74) is 2.19. The van der Waals surface area contributed by atoms with Crippen molar-refractivity contribution in [2.75, 3.05) is 0 Å². The lowest BCUT2D eigenvalue weighted by atomic mass is 10.1. The summed E-state index contributed by atoms with van der Waals surface area (Å²) in [7, 11) is 0. The van der Waals surface area contributed by atoms with E-state index >= 15 is 0 Å². The SMILES string of the molecule is O=C(O)c1ccc(Cn2ccc3sc(C#CCc4ccccc4)cc3c2=O)cc1. The average Bonchev–Trinajstić information content (AvgIpc) is 3.15. The topological polar surface area (TPSA) is 59.3 Å². The van der Waals surface area contributed by atoms with Crippen molar-refractivity contribution in [2.24, 2.45) is 0 Å². The van der Waals surface area contributed by atoms with Crippen LogP contribution in [0.15, 0.2) is 77.7 Å². The highest BCUT2D eigenvalue weighted by Crippen LogP contribution is 2.22. The highest BCUT2D eigenvalue weighted by Gasteiger charge is 2.08. The molecule has 0 aliphatic rings. The highest BCUT2D eigenvalue weighted by molar-refractivity contribution is 7.19. The number of nitrogens with zero attached hydrogens (tertiary/aromatic N) is 1. The maximum atomic E-state index is 12.8. The van der Waals surface area contributed by atoms with Crippen LogP contribution in [0.4, 0.5) is 0 Å². The third-order valence-electron chi connectivity index (χ3n) is 4.56. The number of aromatic nitrogens is 1. The molecule has 4 aromatic rings. The molecule has 0 unspecified atom stereocenters. The summed E-state index contributed by atoms with van der Waals surface area (Å²) >= 11 is 1.51. The van der Waals surface area contributed by atoms with E-state index in [-0.39, 0.29) is 11.1 Å². The van der Waals surface area contributed by atoms with E-state index < -0.39 is 5.97 Å². The fourth-order valence-corrected chi connectivity index (χ4v) is 3.96. The van der Waals surface area contributed by atoms with Crippen LogP contribution in [0, 0.1) is 11.8 Å². The standard InChI is InChI=1S/C24H17NO3S/c26-23-21-15-20(8-4-7-17-5-2-1-3-6-17)29-22(21)13-14-25(23)16-18-9-11-19(12-10-18)24(27)28/h1-3,5-6,9-15H,7,16H2,(H,27,28). The summed E-state index contributed by atoms with van der Waals surface area (Å²) in [5, 5.41) is 9.65. The molecule has 142 valence electrons. The Kier molecular flexibility index (Phi) is 5.28. The van der Waals surface area contributed by atoms with Crippen LogP contribution in [-0.4, -0.2) is 15.6 Å². The number of pyridine rings is 1. The van der Waals surface area contributed by atoms with Gasteiger partial charge in [-0.25, -0.2) is 4.79 Å². The predicted molar refractivity (Wildman–Crippen MR) is 116 cm³/mol. The number of rotatable bonds is 4. The Bertz CT molecular complexity index is 1290. The Morgan fingerprint density at radius 1 is 1.00 bits per heavy atom. The molecule has 29 heavy (non-hydrogen) atoms. The maximum absolute atomic E-state index is 12.8. The van der Waals surface area contributed by atoms with E-state index in [4.69, 9.17) is 5.11 Å². The molecule has 0 spiro atoms. The van der Waals surface area contributed by atoms with Crippen molar-refractivity contribution in [1.29, 1.82) is 0 Å². The van der Waals surface area contributed by atoms with E-state index in [0.29, 0.717) is 18.4 Å². The molecule has 0 aliphatic heterocycles. The second kappa shape index (κ2) is 8.17. The van der Waals surface area contributed by atoms with E-state index in [9.17, 15) is 9.59 Å².